The molecule has 3 heteroatoms. The molecular formula is C29H26N2O. The minimum Gasteiger partial charge on any atom is -0.507 e. The van der Waals surface area contributed by atoms with Crippen molar-refractivity contribution in [3.8, 4) is 17.1 Å². The summed E-state index contributed by atoms with van der Waals surface area (Å²) in [6.45, 7) is 4.97. The Morgan fingerprint density at radius 1 is 0.812 bits per heavy atom. The summed E-state index contributed by atoms with van der Waals surface area (Å²) in [5.74, 6) is 1.02. The molecule has 0 fully saturated rings. The van der Waals surface area contributed by atoms with Crippen molar-refractivity contribution in [3.05, 3.63) is 119 Å². The molecule has 1 N–H and O–H groups in total. The van der Waals surface area contributed by atoms with E-state index in [4.69, 9.17) is 4.98 Å². The van der Waals surface area contributed by atoms with Crippen LogP contribution in [0.4, 0.5) is 0 Å². The molecule has 0 amide bonds. The van der Waals surface area contributed by atoms with Gasteiger partial charge in [0.05, 0.1) is 16.6 Å². The fourth-order valence-electron chi connectivity index (χ4n) is 4.64. The molecule has 32 heavy (non-hydrogen) atoms. The fourth-order valence-corrected chi connectivity index (χ4v) is 4.64. The second-order valence-corrected chi connectivity index (χ2v) is 8.17. The molecule has 5 rings (SSSR count). The highest BCUT2D eigenvalue weighted by Crippen LogP contribution is 2.42. The number of aromatic hydroxyl groups is 1. The molecule has 0 aliphatic rings. The van der Waals surface area contributed by atoms with E-state index in [-0.39, 0.29) is 5.92 Å². The molecule has 0 bridgehead atoms. The quantitative estimate of drug-likeness (QED) is 0.315. The number of hydrogen-bond acceptors (Lipinski definition) is 2. The Morgan fingerprint density at radius 2 is 1.41 bits per heavy atom. The Morgan fingerprint density at radius 3 is 2.03 bits per heavy atom. The SMILES string of the molecule is CCn1c(-c2cc(C)cc(C(c3ccccc3)c3ccccc3)c2O)nc2ccccc21. The Kier molecular flexibility index (Phi) is 5.24. The lowest BCUT2D eigenvalue weighted by Gasteiger charge is -2.22. The lowest BCUT2D eigenvalue weighted by molar-refractivity contribution is 0.468. The van der Waals surface area contributed by atoms with Crippen LogP contribution in [0.15, 0.2) is 97.1 Å². The third-order valence-corrected chi connectivity index (χ3v) is 6.07. The number of phenolic OH excluding ortho intramolecular Hbond substituents is 1. The van der Waals surface area contributed by atoms with Crippen LogP contribution in [0.3, 0.4) is 0 Å². The minimum absolute atomic E-state index is 0.0736. The maximum Gasteiger partial charge on any atom is 0.144 e. The van der Waals surface area contributed by atoms with Gasteiger partial charge in [0.25, 0.3) is 0 Å². The van der Waals surface area contributed by atoms with Crippen molar-refractivity contribution in [3.63, 3.8) is 0 Å². The zero-order valence-electron chi connectivity index (χ0n) is 18.4. The number of hydrogen-bond donors (Lipinski definition) is 1. The number of aryl methyl sites for hydroxylation is 2. The third kappa shape index (κ3) is 3.46. The summed E-state index contributed by atoms with van der Waals surface area (Å²) in [5.41, 5.74) is 7.08. The molecule has 1 heterocycles. The molecular weight excluding hydrogens is 392 g/mol. The zero-order chi connectivity index (χ0) is 22.1. The van der Waals surface area contributed by atoms with Crippen molar-refractivity contribution < 1.29 is 5.11 Å². The number of fused-ring (bicyclic) bond motifs is 1. The normalized spacial score (nSPS) is 11.3. The van der Waals surface area contributed by atoms with Crippen LogP contribution in [0.25, 0.3) is 22.4 Å². The van der Waals surface area contributed by atoms with Gasteiger partial charge in [-0.1, -0.05) is 78.9 Å². The molecule has 158 valence electrons. The van der Waals surface area contributed by atoms with E-state index >= 15 is 0 Å². The van der Waals surface area contributed by atoms with Crippen LogP contribution < -0.4 is 0 Å². The van der Waals surface area contributed by atoms with Crippen molar-refractivity contribution in [2.24, 2.45) is 0 Å². The number of phenols is 1. The molecule has 3 nitrogen and oxygen atoms in total. The van der Waals surface area contributed by atoms with Gasteiger partial charge < -0.3 is 9.67 Å². The van der Waals surface area contributed by atoms with E-state index in [1.54, 1.807) is 0 Å². The fraction of sp³-hybridized carbons (Fsp3) is 0.138. The second kappa shape index (κ2) is 8.35. The van der Waals surface area contributed by atoms with Crippen LogP contribution in [0.2, 0.25) is 0 Å². The predicted molar refractivity (Wildman–Crippen MR) is 131 cm³/mol. The number of imidazole rings is 1. The van der Waals surface area contributed by atoms with Gasteiger partial charge >= 0.3 is 0 Å². The highest BCUT2D eigenvalue weighted by atomic mass is 16.3. The van der Waals surface area contributed by atoms with Gasteiger partial charge in [-0.25, -0.2) is 4.98 Å². The molecule has 0 aliphatic heterocycles. The van der Waals surface area contributed by atoms with Gasteiger partial charge in [0, 0.05) is 18.0 Å². The first-order valence-corrected chi connectivity index (χ1v) is 11.1. The topological polar surface area (TPSA) is 38.0 Å². The Hall–Kier alpha value is -3.85. The predicted octanol–water partition coefficient (Wildman–Crippen LogP) is 6.92. The maximum absolute atomic E-state index is 11.7. The van der Waals surface area contributed by atoms with E-state index in [9.17, 15) is 5.11 Å². The molecule has 1 aromatic heterocycles. The van der Waals surface area contributed by atoms with Gasteiger partial charge in [0.15, 0.2) is 0 Å². The number of rotatable bonds is 5. The van der Waals surface area contributed by atoms with E-state index in [0.717, 1.165) is 51.2 Å². The minimum atomic E-state index is -0.0736. The molecule has 0 saturated carbocycles. The van der Waals surface area contributed by atoms with E-state index in [1.807, 2.05) is 36.4 Å². The summed E-state index contributed by atoms with van der Waals surface area (Å²) in [7, 11) is 0. The van der Waals surface area contributed by atoms with Crippen LogP contribution in [0.5, 0.6) is 5.75 Å². The molecule has 4 aromatic carbocycles. The standard InChI is InChI=1S/C29H26N2O/c1-3-31-26-17-11-10-16-25(26)30-29(31)24-19-20(2)18-23(28(24)32)27(21-12-6-4-7-13-21)22-14-8-5-9-15-22/h4-19,27,32H,3H2,1-2H3. The molecule has 0 saturated heterocycles. The van der Waals surface area contributed by atoms with Gasteiger partial charge in [-0.2, -0.15) is 0 Å². The summed E-state index contributed by atoms with van der Waals surface area (Å²) in [6, 6.07) is 33.0. The molecule has 0 spiro atoms. The second-order valence-electron chi connectivity index (χ2n) is 8.17. The summed E-state index contributed by atoms with van der Waals surface area (Å²) in [4.78, 5) is 4.90. The summed E-state index contributed by atoms with van der Waals surface area (Å²) in [6.07, 6.45) is 0. The smallest absolute Gasteiger partial charge is 0.144 e. The number of para-hydroxylation sites is 2. The molecule has 5 aromatic rings. The van der Waals surface area contributed by atoms with Crippen molar-refractivity contribution in [2.45, 2.75) is 26.3 Å². The molecule has 0 atom stereocenters. The Bertz CT molecular complexity index is 1330. The highest BCUT2D eigenvalue weighted by molar-refractivity contribution is 5.82. The van der Waals surface area contributed by atoms with Crippen LogP contribution in [-0.2, 0) is 6.54 Å². The van der Waals surface area contributed by atoms with Gasteiger partial charge in [-0.3, -0.25) is 0 Å². The monoisotopic (exact) mass is 418 g/mol. The van der Waals surface area contributed by atoms with E-state index in [1.165, 1.54) is 0 Å². The van der Waals surface area contributed by atoms with E-state index in [0.29, 0.717) is 5.75 Å². The lowest BCUT2D eigenvalue weighted by atomic mass is 9.83. The third-order valence-electron chi connectivity index (χ3n) is 6.07. The maximum atomic E-state index is 11.7. The van der Waals surface area contributed by atoms with Gasteiger partial charge in [0.1, 0.15) is 11.6 Å². The first-order valence-electron chi connectivity index (χ1n) is 11.1. The van der Waals surface area contributed by atoms with Crippen LogP contribution in [0, 0.1) is 6.92 Å². The zero-order valence-corrected chi connectivity index (χ0v) is 18.4. The van der Waals surface area contributed by atoms with Crippen LogP contribution in [-0.4, -0.2) is 14.7 Å². The Labute approximate surface area is 188 Å². The Balaban J connectivity index is 1.76. The average Bonchev–Trinajstić information content (AvgIpc) is 3.21. The largest absolute Gasteiger partial charge is 0.507 e. The van der Waals surface area contributed by atoms with Crippen molar-refractivity contribution in [2.75, 3.05) is 0 Å². The van der Waals surface area contributed by atoms with Crippen molar-refractivity contribution >= 4 is 11.0 Å². The van der Waals surface area contributed by atoms with Gasteiger partial charge in [-0.05, 0) is 48.7 Å². The molecule has 0 unspecified atom stereocenters. The van der Waals surface area contributed by atoms with E-state index in [2.05, 4.69) is 79.1 Å². The lowest BCUT2D eigenvalue weighted by Crippen LogP contribution is -2.06. The average molecular weight is 419 g/mol. The summed E-state index contributed by atoms with van der Waals surface area (Å²) in [5, 5.41) is 11.7. The van der Waals surface area contributed by atoms with Crippen LogP contribution in [0.1, 0.15) is 35.1 Å². The van der Waals surface area contributed by atoms with E-state index < -0.39 is 0 Å². The number of aromatic nitrogens is 2. The summed E-state index contributed by atoms with van der Waals surface area (Å²) < 4.78 is 2.17. The highest BCUT2D eigenvalue weighted by Gasteiger charge is 2.24. The summed E-state index contributed by atoms with van der Waals surface area (Å²) >= 11 is 0. The van der Waals surface area contributed by atoms with Crippen molar-refractivity contribution in [1.82, 2.24) is 9.55 Å². The van der Waals surface area contributed by atoms with Crippen molar-refractivity contribution in [1.29, 1.82) is 0 Å². The van der Waals surface area contributed by atoms with Gasteiger partial charge in [-0.15, -0.1) is 0 Å². The molecule has 0 aliphatic carbocycles. The number of benzene rings is 4. The van der Waals surface area contributed by atoms with Gasteiger partial charge in [0.2, 0.25) is 0 Å². The molecule has 0 radical (unpaired) electrons. The van der Waals surface area contributed by atoms with Crippen LogP contribution >= 0.6 is 0 Å². The number of nitrogens with zero attached hydrogens (tertiary/aromatic N) is 2. The first-order chi connectivity index (χ1) is 15.7. The first kappa shape index (κ1) is 20.1.